The predicted molar refractivity (Wildman–Crippen MR) is 107 cm³/mol. The lowest BCUT2D eigenvalue weighted by Crippen LogP contribution is -2.89. The summed E-state index contributed by atoms with van der Waals surface area (Å²) >= 11 is 0. The summed E-state index contributed by atoms with van der Waals surface area (Å²) in [6.45, 7) is 3.48. The van der Waals surface area contributed by atoms with E-state index in [2.05, 4.69) is 10.6 Å². The van der Waals surface area contributed by atoms with Gasteiger partial charge in [0.25, 0.3) is 5.91 Å². The van der Waals surface area contributed by atoms with Crippen molar-refractivity contribution in [1.29, 1.82) is 5.41 Å². The molecule has 4 N–H and O–H groups in total. The molecule has 0 atom stereocenters. The lowest BCUT2D eigenvalue weighted by atomic mass is 10.2. The molecule has 1 heterocycles. The Morgan fingerprint density at radius 3 is 2.52 bits per heavy atom. The first-order valence-corrected chi connectivity index (χ1v) is 10.3. The number of quaternary nitrogens is 1. The summed E-state index contributed by atoms with van der Waals surface area (Å²) in [5.74, 6) is -1.28. The molecule has 0 aromatic heterocycles. The van der Waals surface area contributed by atoms with Gasteiger partial charge in [0, 0.05) is 18.0 Å². The van der Waals surface area contributed by atoms with Gasteiger partial charge >= 0.3 is 0 Å². The van der Waals surface area contributed by atoms with E-state index >= 15 is 0 Å². The van der Waals surface area contributed by atoms with Crippen molar-refractivity contribution in [3.05, 3.63) is 41.3 Å². The molecule has 0 spiro atoms. The summed E-state index contributed by atoms with van der Waals surface area (Å²) in [4.78, 5) is 14.8. The number of piperazine rings is 1. The Labute approximate surface area is 169 Å². The molecule has 0 unspecified atom stereocenters. The van der Waals surface area contributed by atoms with E-state index in [-0.39, 0.29) is 11.4 Å². The number of hydrogen-bond donors (Lipinski definition) is 3. The molecule has 1 aliphatic carbocycles. The van der Waals surface area contributed by atoms with Gasteiger partial charge in [-0.3, -0.25) is 4.79 Å². The third-order valence-corrected chi connectivity index (χ3v) is 5.19. The zero-order valence-electron chi connectivity index (χ0n) is 16.6. The van der Waals surface area contributed by atoms with E-state index in [1.54, 1.807) is 0 Å². The molecule has 6 nitrogen and oxygen atoms in total. The number of rotatable bonds is 10. The second-order valence-electron chi connectivity index (χ2n) is 7.61. The normalized spacial score (nSPS) is 17.5. The molecule has 1 aromatic rings. The Morgan fingerprint density at radius 2 is 1.90 bits per heavy atom. The van der Waals surface area contributed by atoms with Crippen LogP contribution in [-0.2, 0) is 9.53 Å². The van der Waals surface area contributed by atoms with E-state index in [0.717, 1.165) is 56.3 Å². The molecule has 0 radical (unpaired) electrons. The van der Waals surface area contributed by atoms with Gasteiger partial charge in [0.05, 0.1) is 32.8 Å². The van der Waals surface area contributed by atoms with Crippen molar-refractivity contribution < 1.29 is 23.6 Å². The Kier molecular flexibility index (Phi) is 7.57. The van der Waals surface area contributed by atoms with Gasteiger partial charge in [-0.25, -0.2) is 8.78 Å². The van der Waals surface area contributed by atoms with Crippen molar-refractivity contribution in [2.75, 3.05) is 38.1 Å². The van der Waals surface area contributed by atoms with Crippen LogP contribution >= 0.6 is 0 Å². The van der Waals surface area contributed by atoms with Crippen LogP contribution in [-0.4, -0.2) is 49.8 Å². The van der Waals surface area contributed by atoms with Gasteiger partial charge in [-0.2, -0.15) is 0 Å². The quantitative estimate of drug-likeness (QED) is 0.241. The third-order valence-electron chi connectivity index (χ3n) is 5.19. The SMILES string of the molecule is N=CC(=C(OCCCCC1CC1)C(=O)Nc1cc(F)cc(F)c1)N1CC[NH2+]CC1. The van der Waals surface area contributed by atoms with Gasteiger partial charge in [-0.15, -0.1) is 0 Å². The average molecular weight is 407 g/mol. The number of amides is 1. The molecular formula is C21H29F2N4O2+. The van der Waals surface area contributed by atoms with Crippen LogP contribution in [0.1, 0.15) is 32.1 Å². The molecule has 8 heteroatoms. The number of anilines is 1. The molecule has 29 heavy (non-hydrogen) atoms. The highest BCUT2D eigenvalue weighted by molar-refractivity contribution is 6.05. The molecule has 1 aliphatic heterocycles. The largest absolute Gasteiger partial charge is 0.486 e. The Bertz CT molecular complexity index is 739. The summed E-state index contributed by atoms with van der Waals surface area (Å²) in [6.07, 6.45) is 6.77. The highest BCUT2D eigenvalue weighted by Gasteiger charge is 2.24. The summed E-state index contributed by atoms with van der Waals surface area (Å²) < 4.78 is 32.8. The smallest absolute Gasteiger partial charge is 0.293 e. The van der Waals surface area contributed by atoms with Crippen molar-refractivity contribution in [3.8, 4) is 0 Å². The van der Waals surface area contributed by atoms with Crippen LogP contribution in [0.25, 0.3) is 0 Å². The minimum Gasteiger partial charge on any atom is -0.486 e. The first kappa shape index (κ1) is 21.2. The van der Waals surface area contributed by atoms with Crippen LogP contribution in [0.2, 0.25) is 0 Å². The number of nitrogens with one attached hydrogen (secondary N) is 2. The van der Waals surface area contributed by atoms with Crippen molar-refractivity contribution in [3.63, 3.8) is 0 Å². The van der Waals surface area contributed by atoms with Crippen molar-refractivity contribution in [1.82, 2.24) is 4.90 Å². The van der Waals surface area contributed by atoms with E-state index in [4.69, 9.17) is 10.1 Å². The van der Waals surface area contributed by atoms with Gasteiger partial charge in [-0.05, 0) is 30.9 Å². The Morgan fingerprint density at radius 1 is 1.21 bits per heavy atom. The average Bonchev–Trinajstić information content (AvgIpc) is 3.51. The minimum absolute atomic E-state index is 0.0126. The third kappa shape index (κ3) is 6.52. The van der Waals surface area contributed by atoms with Crippen molar-refractivity contribution in [2.45, 2.75) is 32.1 Å². The first-order valence-electron chi connectivity index (χ1n) is 10.3. The van der Waals surface area contributed by atoms with E-state index in [0.29, 0.717) is 25.4 Å². The highest BCUT2D eigenvalue weighted by Crippen LogP contribution is 2.33. The van der Waals surface area contributed by atoms with Crippen LogP contribution in [0.3, 0.4) is 0 Å². The van der Waals surface area contributed by atoms with Gasteiger partial charge in [-0.1, -0.05) is 19.3 Å². The zero-order valence-corrected chi connectivity index (χ0v) is 16.6. The second-order valence-corrected chi connectivity index (χ2v) is 7.61. The minimum atomic E-state index is -0.773. The van der Waals surface area contributed by atoms with Crippen LogP contribution < -0.4 is 10.6 Å². The molecule has 3 rings (SSSR count). The number of carbonyl (C=O) groups excluding carboxylic acids is 1. The van der Waals surface area contributed by atoms with Crippen molar-refractivity contribution in [2.24, 2.45) is 5.92 Å². The number of halogens is 2. The molecule has 2 fully saturated rings. The number of unbranched alkanes of at least 4 members (excludes halogenated alkanes) is 1. The maximum absolute atomic E-state index is 13.5. The molecule has 1 saturated carbocycles. The zero-order chi connectivity index (χ0) is 20.6. The molecule has 0 bridgehead atoms. The lowest BCUT2D eigenvalue weighted by molar-refractivity contribution is -0.662. The molecule has 1 aromatic carbocycles. The fourth-order valence-electron chi connectivity index (χ4n) is 3.48. The fraction of sp³-hybridized carbons (Fsp3) is 0.524. The molecule has 1 saturated heterocycles. The topological polar surface area (TPSA) is 82.0 Å². The summed E-state index contributed by atoms with van der Waals surface area (Å²) in [5, 5.41) is 12.5. The number of nitrogens with zero attached hydrogens (tertiary/aromatic N) is 1. The van der Waals surface area contributed by atoms with Crippen LogP contribution in [0.5, 0.6) is 0 Å². The van der Waals surface area contributed by atoms with E-state index in [1.807, 2.05) is 4.90 Å². The van der Waals surface area contributed by atoms with Crippen LogP contribution in [0.4, 0.5) is 14.5 Å². The van der Waals surface area contributed by atoms with Crippen LogP contribution in [0.15, 0.2) is 29.7 Å². The number of benzene rings is 1. The number of allylic oxidation sites excluding steroid dienone is 1. The molecule has 158 valence electrons. The van der Waals surface area contributed by atoms with Gasteiger partial charge in [0.15, 0.2) is 0 Å². The highest BCUT2D eigenvalue weighted by atomic mass is 19.1. The maximum Gasteiger partial charge on any atom is 0.293 e. The van der Waals surface area contributed by atoms with Gasteiger partial charge in [0.2, 0.25) is 5.76 Å². The first-order chi connectivity index (χ1) is 14.1. The Hall–Kier alpha value is -2.48. The van der Waals surface area contributed by atoms with E-state index in [1.165, 1.54) is 19.3 Å². The molecule has 1 amide bonds. The van der Waals surface area contributed by atoms with Gasteiger partial charge < -0.3 is 25.7 Å². The van der Waals surface area contributed by atoms with Gasteiger partial charge in [0.1, 0.15) is 17.3 Å². The lowest BCUT2D eigenvalue weighted by Gasteiger charge is -2.29. The van der Waals surface area contributed by atoms with E-state index < -0.39 is 17.5 Å². The number of ether oxygens (including phenoxy) is 1. The van der Waals surface area contributed by atoms with E-state index in [9.17, 15) is 13.6 Å². The summed E-state index contributed by atoms with van der Waals surface area (Å²) in [7, 11) is 0. The predicted octanol–water partition coefficient (Wildman–Crippen LogP) is 2.24. The monoisotopic (exact) mass is 407 g/mol. The number of nitrogens with two attached hydrogens (primary N) is 1. The van der Waals surface area contributed by atoms with Crippen LogP contribution in [0, 0.1) is 23.0 Å². The second kappa shape index (κ2) is 10.3. The Balaban J connectivity index is 1.72. The molecular weight excluding hydrogens is 378 g/mol. The summed E-state index contributed by atoms with van der Waals surface area (Å²) in [5.41, 5.74) is 0.410. The standard InChI is InChI=1S/C21H28F2N4O2/c22-16-11-17(23)13-18(12-16)26-21(28)20(29-10-2-1-3-15-4-5-15)19(14-24)27-8-6-25-7-9-27/h11-15,24-25H,1-10H2,(H,26,28)/p+1. The molecule has 2 aliphatic rings. The number of hydrogen-bond acceptors (Lipinski definition) is 4. The van der Waals surface area contributed by atoms with Crippen molar-refractivity contribution >= 4 is 17.8 Å². The fourth-order valence-corrected chi connectivity index (χ4v) is 3.48. The number of carbonyl (C=O) groups is 1. The summed E-state index contributed by atoms with van der Waals surface area (Å²) in [6, 6.07) is 2.85. The maximum atomic E-state index is 13.5.